The molecule has 27 heavy (non-hydrogen) atoms. The van der Waals surface area contributed by atoms with Crippen molar-refractivity contribution in [2.75, 3.05) is 7.11 Å². The molecule has 0 amide bonds. The monoisotopic (exact) mass is 367 g/mol. The van der Waals surface area contributed by atoms with Crippen LogP contribution < -0.4 is 10.1 Å². The van der Waals surface area contributed by atoms with E-state index in [1.165, 1.54) is 11.1 Å². The van der Waals surface area contributed by atoms with Crippen LogP contribution in [0.15, 0.2) is 48.5 Å². The molecule has 0 spiro atoms. The lowest BCUT2D eigenvalue weighted by Crippen LogP contribution is -2.42. The highest BCUT2D eigenvalue weighted by Gasteiger charge is 2.30. The van der Waals surface area contributed by atoms with E-state index in [2.05, 4.69) is 11.4 Å². The lowest BCUT2D eigenvalue weighted by atomic mass is 9.87. The van der Waals surface area contributed by atoms with Gasteiger partial charge in [-0.2, -0.15) is 0 Å². The van der Waals surface area contributed by atoms with Gasteiger partial charge in [0, 0.05) is 6.04 Å². The summed E-state index contributed by atoms with van der Waals surface area (Å²) in [6, 6.07) is 15.7. The number of benzene rings is 2. The summed E-state index contributed by atoms with van der Waals surface area (Å²) in [7, 11) is 1.72. The van der Waals surface area contributed by atoms with E-state index >= 15 is 0 Å². The van der Waals surface area contributed by atoms with E-state index in [0.29, 0.717) is 0 Å². The Bertz CT molecular complexity index is 780. The molecule has 0 fully saturated rings. The average molecular weight is 367 g/mol. The number of carbonyl (C=O) groups excluding carboxylic acids is 1. The zero-order valence-corrected chi connectivity index (χ0v) is 16.6. The molecule has 2 atom stereocenters. The third-order valence-corrected chi connectivity index (χ3v) is 4.84. The predicted octanol–water partition coefficient (Wildman–Crippen LogP) is 4.23. The van der Waals surface area contributed by atoms with Crippen LogP contribution in [0.1, 0.15) is 49.9 Å². The third-order valence-electron chi connectivity index (χ3n) is 4.84. The first-order valence-electron chi connectivity index (χ1n) is 9.56. The largest absolute Gasteiger partial charge is 0.496 e. The summed E-state index contributed by atoms with van der Waals surface area (Å²) >= 11 is 0. The van der Waals surface area contributed by atoms with Gasteiger partial charge in [-0.3, -0.25) is 5.32 Å². The smallest absolute Gasteiger partial charge is 0.328 e. The van der Waals surface area contributed by atoms with Gasteiger partial charge in [0.25, 0.3) is 0 Å². The maximum atomic E-state index is 12.9. The van der Waals surface area contributed by atoms with Crippen molar-refractivity contribution < 1.29 is 14.3 Å². The Morgan fingerprint density at radius 2 is 1.85 bits per heavy atom. The summed E-state index contributed by atoms with van der Waals surface area (Å²) < 4.78 is 11.2. The van der Waals surface area contributed by atoms with Crippen molar-refractivity contribution in [2.45, 2.75) is 57.7 Å². The van der Waals surface area contributed by atoms with Crippen LogP contribution >= 0.6 is 0 Å². The summed E-state index contributed by atoms with van der Waals surface area (Å²) in [5, 5.41) is 3.56. The van der Waals surface area contributed by atoms with E-state index in [-0.39, 0.29) is 12.0 Å². The van der Waals surface area contributed by atoms with Crippen LogP contribution in [0.3, 0.4) is 0 Å². The molecule has 0 aromatic heterocycles. The molecule has 2 aromatic rings. The molecule has 1 aliphatic rings. The van der Waals surface area contributed by atoms with Crippen molar-refractivity contribution >= 4 is 5.97 Å². The number of rotatable bonds is 5. The van der Waals surface area contributed by atoms with E-state index in [0.717, 1.165) is 30.6 Å². The van der Waals surface area contributed by atoms with Gasteiger partial charge in [-0.1, -0.05) is 42.5 Å². The molecule has 3 rings (SSSR count). The Labute approximate surface area is 161 Å². The Hall–Kier alpha value is -2.33. The fraction of sp³-hybridized carbons (Fsp3) is 0.435. The minimum atomic E-state index is -0.516. The number of esters is 1. The number of hydrogen-bond donors (Lipinski definition) is 1. The maximum Gasteiger partial charge on any atom is 0.328 e. The third kappa shape index (κ3) is 4.89. The van der Waals surface area contributed by atoms with Crippen LogP contribution in [0.25, 0.3) is 0 Å². The molecule has 0 saturated heterocycles. The van der Waals surface area contributed by atoms with Crippen molar-refractivity contribution in [3.8, 4) is 5.75 Å². The van der Waals surface area contributed by atoms with E-state index in [1.54, 1.807) is 7.11 Å². The second kappa shape index (κ2) is 8.13. The molecule has 144 valence electrons. The molecule has 2 aromatic carbocycles. The molecule has 1 aliphatic carbocycles. The first kappa shape index (κ1) is 19.4. The van der Waals surface area contributed by atoms with E-state index in [1.807, 2.05) is 63.2 Å². The molecule has 0 radical (unpaired) electrons. The lowest BCUT2D eigenvalue weighted by Gasteiger charge is -2.31. The summed E-state index contributed by atoms with van der Waals surface area (Å²) in [6.45, 7) is 5.70. The summed E-state index contributed by atoms with van der Waals surface area (Å²) in [4.78, 5) is 12.9. The zero-order valence-electron chi connectivity index (χ0n) is 16.6. The van der Waals surface area contributed by atoms with Gasteiger partial charge in [-0.15, -0.1) is 0 Å². The van der Waals surface area contributed by atoms with E-state index in [4.69, 9.17) is 9.47 Å². The molecule has 1 N–H and O–H groups in total. The lowest BCUT2D eigenvalue weighted by molar-refractivity contribution is -0.158. The minimum Gasteiger partial charge on any atom is -0.496 e. The van der Waals surface area contributed by atoms with Crippen LogP contribution in [0, 0.1) is 0 Å². The molecule has 0 heterocycles. The Morgan fingerprint density at radius 3 is 2.52 bits per heavy atom. The number of nitrogens with one attached hydrogen (secondary N) is 1. The highest BCUT2D eigenvalue weighted by molar-refractivity contribution is 5.78. The highest BCUT2D eigenvalue weighted by atomic mass is 16.6. The van der Waals surface area contributed by atoms with Gasteiger partial charge < -0.3 is 9.47 Å². The number of ether oxygens (including phenoxy) is 2. The second-order valence-corrected chi connectivity index (χ2v) is 8.08. The van der Waals surface area contributed by atoms with Gasteiger partial charge in [0.2, 0.25) is 0 Å². The fourth-order valence-corrected chi connectivity index (χ4v) is 3.65. The molecule has 0 bridgehead atoms. The maximum absolute atomic E-state index is 12.9. The van der Waals surface area contributed by atoms with E-state index < -0.39 is 11.6 Å². The van der Waals surface area contributed by atoms with Crippen molar-refractivity contribution in [1.29, 1.82) is 0 Å². The van der Waals surface area contributed by atoms with Crippen molar-refractivity contribution in [1.82, 2.24) is 5.32 Å². The zero-order chi connectivity index (χ0) is 19.4. The molecular weight excluding hydrogens is 338 g/mol. The molecular formula is C23H29NO3. The van der Waals surface area contributed by atoms with Crippen molar-refractivity contribution in [2.24, 2.45) is 0 Å². The number of fused-ring (bicyclic) bond motifs is 1. The molecule has 4 heteroatoms. The summed E-state index contributed by atoms with van der Waals surface area (Å²) in [6.07, 6.45) is 2.77. The SMILES string of the molecule is COc1cccc2c1CC[C@H](NC(C(=O)OC(C)(C)C)c1ccccc1)C2. The highest BCUT2D eigenvalue weighted by Crippen LogP contribution is 2.31. The second-order valence-electron chi connectivity index (χ2n) is 8.08. The van der Waals surface area contributed by atoms with Gasteiger partial charge in [0.15, 0.2) is 0 Å². The van der Waals surface area contributed by atoms with Crippen LogP contribution in [0.5, 0.6) is 5.75 Å². The number of methoxy groups -OCH3 is 1. The van der Waals surface area contributed by atoms with Gasteiger partial charge in [-0.05, 0) is 62.8 Å². The number of carbonyl (C=O) groups is 1. The summed E-state index contributed by atoms with van der Waals surface area (Å²) in [5.74, 6) is 0.725. The topological polar surface area (TPSA) is 47.6 Å². The fourth-order valence-electron chi connectivity index (χ4n) is 3.65. The van der Waals surface area contributed by atoms with Gasteiger partial charge in [0.05, 0.1) is 7.11 Å². The van der Waals surface area contributed by atoms with Crippen LogP contribution in [-0.2, 0) is 22.4 Å². The van der Waals surface area contributed by atoms with Crippen molar-refractivity contribution in [3.05, 3.63) is 65.2 Å². The van der Waals surface area contributed by atoms with Crippen LogP contribution in [0.4, 0.5) is 0 Å². The summed E-state index contributed by atoms with van der Waals surface area (Å²) in [5.41, 5.74) is 2.99. The van der Waals surface area contributed by atoms with Crippen LogP contribution in [-0.4, -0.2) is 24.7 Å². The van der Waals surface area contributed by atoms with Crippen molar-refractivity contribution in [3.63, 3.8) is 0 Å². The molecule has 4 nitrogen and oxygen atoms in total. The van der Waals surface area contributed by atoms with E-state index in [9.17, 15) is 4.79 Å². The first-order chi connectivity index (χ1) is 12.9. The standard InChI is InChI=1S/C23H29NO3/c1-23(2,3)27-22(25)21(16-9-6-5-7-10-16)24-18-13-14-19-17(15-18)11-8-12-20(19)26-4/h5-12,18,21,24H,13-15H2,1-4H3/t18-,21?/m0/s1. The van der Waals surface area contributed by atoms with Crippen LogP contribution in [0.2, 0.25) is 0 Å². The molecule has 1 unspecified atom stereocenters. The molecule has 0 saturated carbocycles. The average Bonchev–Trinajstić information content (AvgIpc) is 2.64. The quantitative estimate of drug-likeness (QED) is 0.804. The molecule has 0 aliphatic heterocycles. The Kier molecular flexibility index (Phi) is 5.85. The first-order valence-corrected chi connectivity index (χ1v) is 9.56. The predicted molar refractivity (Wildman–Crippen MR) is 107 cm³/mol. The van der Waals surface area contributed by atoms with Gasteiger partial charge in [-0.25, -0.2) is 4.79 Å². The Morgan fingerprint density at radius 1 is 1.11 bits per heavy atom. The number of hydrogen-bond acceptors (Lipinski definition) is 4. The normalized spacial score (nSPS) is 17.7. The Balaban J connectivity index is 1.79. The van der Waals surface area contributed by atoms with Gasteiger partial charge >= 0.3 is 5.97 Å². The minimum absolute atomic E-state index is 0.210. The van der Waals surface area contributed by atoms with Gasteiger partial charge in [0.1, 0.15) is 17.4 Å².